The van der Waals surface area contributed by atoms with Gasteiger partial charge >= 0.3 is 5.51 Å². The molecule has 0 aliphatic heterocycles. The Hall–Kier alpha value is -0.400. The third-order valence-electron chi connectivity index (χ3n) is 1.51. The predicted molar refractivity (Wildman–Crippen MR) is 57.0 cm³/mol. The van der Waals surface area contributed by atoms with Gasteiger partial charge in [-0.15, -0.1) is 0 Å². The van der Waals surface area contributed by atoms with Crippen molar-refractivity contribution in [1.29, 1.82) is 0 Å². The fraction of sp³-hybridized carbons (Fsp3) is 0.429. The molecule has 1 rings (SSSR count). The van der Waals surface area contributed by atoms with Crippen LogP contribution in [-0.4, -0.2) is 21.0 Å². The Morgan fingerprint density at radius 3 is 2.62 bits per heavy atom. The van der Waals surface area contributed by atoms with Gasteiger partial charge < -0.3 is 0 Å². The Morgan fingerprint density at radius 2 is 2.06 bits per heavy atom. The van der Waals surface area contributed by atoms with E-state index >= 15 is 0 Å². The largest absolute Gasteiger partial charge is 0.441 e. The van der Waals surface area contributed by atoms with E-state index in [1.165, 1.54) is 0 Å². The van der Waals surface area contributed by atoms with Crippen LogP contribution in [0.15, 0.2) is 11.0 Å². The highest BCUT2D eigenvalue weighted by Gasteiger charge is 2.27. The van der Waals surface area contributed by atoms with Crippen LogP contribution in [0.25, 0.3) is 0 Å². The molecule has 0 amide bonds. The van der Waals surface area contributed by atoms with Gasteiger partial charge in [0.2, 0.25) is 0 Å². The highest BCUT2D eigenvalue weighted by atomic mass is 35.5. The molecule has 1 aromatic heterocycles. The molecule has 0 atom stereocenters. The van der Waals surface area contributed by atoms with E-state index in [1.54, 1.807) is 0 Å². The van der Waals surface area contributed by atoms with Crippen molar-refractivity contribution in [2.24, 2.45) is 0 Å². The second kappa shape index (κ2) is 5.29. The standard InChI is InChI=1S/C7H5Cl2F3N2OS/c8-4-3-13-14(6(15)5(4)9)1-2-16-7(10,11)12/h3H,1-2H2. The molecule has 0 saturated carbocycles. The molecule has 0 aliphatic carbocycles. The van der Waals surface area contributed by atoms with Gasteiger partial charge in [0.05, 0.1) is 17.8 Å². The second-order valence-corrected chi connectivity index (χ2v) is 4.57. The van der Waals surface area contributed by atoms with E-state index in [9.17, 15) is 18.0 Å². The van der Waals surface area contributed by atoms with E-state index in [2.05, 4.69) is 5.10 Å². The smallest absolute Gasteiger partial charge is 0.266 e. The number of halogens is 5. The molecule has 9 heteroatoms. The minimum Gasteiger partial charge on any atom is -0.266 e. The number of aromatic nitrogens is 2. The first-order valence-electron chi connectivity index (χ1n) is 3.93. The first-order chi connectivity index (χ1) is 7.31. The van der Waals surface area contributed by atoms with Crippen molar-refractivity contribution in [2.45, 2.75) is 12.1 Å². The molecule has 0 N–H and O–H groups in total. The third-order valence-corrected chi connectivity index (χ3v) is 2.97. The van der Waals surface area contributed by atoms with Crippen LogP contribution in [0.4, 0.5) is 13.2 Å². The molecular weight excluding hydrogens is 288 g/mol. The maximum absolute atomic E-state index is 11.8. The van der Waals surface area contributed by atoms with Crippen molar-refractivity contribution in [3.8, 4) is 0 Å². The molecule has 0 fully saturated rings. The van der Waals surface area contributed by atoms with E-state index < -0.39 is 11.1 Å². The number of hydrogen-bond acceptors (Lipinski definition) is 3. The summed E-state index contributed by atoms with van der Waals surface area (Å²) in [6.07, 6.45) is 1.11. The molecule has 90 valence electrons. The zero-order chi connectivity index (χ0) is 12.3. The Kier molecular flexibility index (Phi) is 4.52. The number of alkyl halides is 3. The van der Waals surface area contributed by atoms with Gasteiger partial charge in [-0.3, -0.25) is 4.79 Å². The van der Waals surface area contributed by atoms with Gasteiger partial charge in [-0.1, -0.05) is 23.2 Å². The Labute approximate surface area is 103 Å². The van der Waals surface area contributed by atoms with Crippen LogP contribution in [0, 0.1) is 0 Å². The zero-order valence-electron chi connectivity index (χ0n) is 7.59. The number of rotatable bonds is 3. The average Bonchev–Trinajstić information content (AvgIpc) is 2.16. The molecule has 0 saturated heterocycles. The van der Waals surface area contributed by atoms with Gasteiger partial charge in [-0.2, -0.15) is 18.3 Å². The van der Waals surface area contributed by atoms with Crippen LogP contribution in [0.5, 0.6) is 0 Å². The van der Waals surface area contributed by atoms with Crippen LogP contribution < -0.4 is 5.56 Å². The Bertz CT molecular complexity index is 435. The van der Waals surface area contributed by atoms with Crippen molar-refractivity contribution in [3.63, 3.8) is 0 Å². The maximum atomic E-state index is 11.8. The highest BCUT2D eigenvalue weighted by molar-refractivity contribution is 8.00. The fourth-order valence-corrected chi connectivity index (χ4v) is 1.62. The molecule has 0 spiro atoms. The first kappa shape index (κ1) is 13.7. The summed E-state index contributed by atoms with van der Waals surface area (Å²) in [6, 6.07) is 0. The van der Waals surface area contributed by atoms with Gasteiger partial charge in [0.1, 0.15) is 5.02 Å². The molecule has 3 nitrogen and oxygen atoms in total. The van der Waals surface area contributed by atoms with E-state index in [0.717, 1.165) is 10.9 Å². The molecule has 0 unspecified atom stereocenters. The van der Waals surface area contributed by atoms with Crippen molar-refractivity contribution < 1.29 is 13.2 Å². The summed E-state index contributed by atoms with van der Waals surface area (Å²) in [6.45, 7) is -0.181. The van der Waals surface area contributed by atoms with E-state index in [0.29, 0.717) is 0 Å². The minimum absolute atomic E-state index is 0.0219. The summed E-state index contributed by atoms with van der Waals surface area (Å²) in [4.78, 5) is 11.3. The summed E-state index contributed by atoms with van der Waals surface area (Å²) in [5, 5.41) is 3.30. The van der Waals surface area contributed by atoms with E-state index in [1.807, 2.05) is 0 Å². The van der Waals surface area contributed by atoms with Crippen LogP contribution >= 0.6 is 35.0 Å². The van der Waals surface area contributed by atoms with Gasteiger partial charge in [0.15, 0.2) is 0 Å². The third kappa shape index (κ3) is 3.88. The molecule has 0 radical (unpaired) electrons. The number of nitrogens with zero attached hydrogens (tertiary/aromatic N) is 2. The molecule has 0 aromatic carbocycles. The summed E-state index contributed by atoms with van der Waals surface area (Å²) < 4.78 is 36.3. The second-order valence-electron chi connectivity index (χ2n) is 2.63. The quantitative estimate of drug-likeness (QED) is 0.859. The van der Waals surface area contributed by atoms with Crippen LogP contribution in [-0.2, 0) is 6.54 Å². The van der Waals surface area contributed by atoms with Gasteiger partial charge in [-0.05, 0) is 11.8 Å². The fourth-order valence-electron chi connectivity index (χ4n) is 0.852. The molecular formula is C7H5Cl2F3N2OS. The van der Waals surface area contributed by atoms with Crippen molar-refractivity contribution >= 4 is 35.0 Å². The number of hydrogen-bond donors (Lipinski definition) is 0. The molecule has 0 bridgehead atoms. The lowest BCUT2D eigenvalue weighted by Crippen LogP contribution is -2.24. The lowest BCUT2D eigenvalue weighted by Gasteiger charge is -2.07. The normalized spacial score (nSPS) is 11.8. The molecule has 1 heterocycles. The lowest BCUT2D eigenvalue weighted by atomic mass is 10.5. The zero-order valence-corrected chi connectivity index (χ0v) is 9.92. The Balaban J connectivity index is 2.69. The minimum atomic E-state index is -4.32. The summed E-state index contributed by atoms with van der Waals surface area (Å²) in [5.41, 5.74) is -5.02. The Morgan fingerprint density at radius 1 is 1.44 bits per heavy atom. The molecule has 0 aliphatic rings. The van der Waals surface area contributed by atoms with Crippen molar-refractivity contribution in [1.82, 2.24) is 9.78 Å². The van der Waals surface area contributed by atoms with Gasteiger partial charge in [0, 0.05) is 5.75 Å². The monoisotopic (exact) mass is 292 g/mol. The van der Waals surface area contributed by atoms with Crippen LogP contribution in [0.2, 0.25) is 10.0 Å². The maximum Gasteiger partial charge on any atom is 0.441 e. The summed E-state index contributed by atoms with van der Waals surface area (Å²) in [7, 11) is 0. The van der Waals surface area contributed by atoms with Crippen molar-refractivity contribution in [3.05, 3.63) is 26.6 Å². The van der Waals surface area contributed by atoms with Gasteiger partial charge in [0.25, 0.3) is 5.56 Å². The lowest BCUT2D eigenvalue weighted by molar-refractivity contribution is -0.0328. The predicted octanol–water partition coefficient (Wildman–Crippen LogP) is 2.80. The average molecular weight is 293 g/mol. The van der Waals surface area contributed by atoms with Crippen LogP contribution in [0.3, 0.4) is 0 Å². The van der Waals surface area contributed by atoms with Crippen molar-refractivity contribution in [2.75, 3.05) is 5.75 Å². The highest BCUT2D eigenvalue weighted by Crippen LogP contribution is 2.29. The topological polar surface area (TPSA) is 34.9 Å². The van der Waals surface area contributed by atoms with E-state index in [-0.39, 0.29) is 34.1 Å². The molecule has 1 aromatic rings. The first-order valence-corrected chi connectivity index (χ1v) is 5.67. The summed E-state index contributed by atoms with van der Waals surface area (Å²) in [5.74, 6) is -0.311. The van der Waals surface area contributed by atoms with Crippen LogP contribution in [0.1, 0.15) is 0 Å². The van der Waals surface area contributed by atoms with Gasteiger partial charge in [-0.25, -0.2) is 4.68 Å². The SMILES string of the molecule is O=c1c(Cl)c(Cl)cnn1CCSC(F)(F)F. The van der Waals surface area contributed by atoms with E-state index in [4.69, 9.17) is 23.2 Å². The molecule has 16 heavy (non-hydrogen) atoms. The number of aryl methyl sites for hydroxylation is 1. The summed E-state index contributed by atoms with van der Waals surface area (Å²) >= 11 is 10.8. The number of thioether (sulfide) groups is 1.